The van der Waals surface area contributed by atoms with Gasteiger partial charge in [0.25, 0.3) is 0 Å². The molecule has 0 saturated heterocycles. The molecule has 0 amide bonds. The predicted octanol–water partition coefficient (Wildman–Crippen LogP) is 2.41. The Morgan fingerprint density at radius 3 is 1.13 bits per heavy atom. The van der Waals surface area contributed by atoms with Gasteiger partial charge < -0.3 is 47.7 Å². The topological polar surface area (TPSA) is 120 Å². The van der Waals surface area contributed by atoms with E-state index in [1.807, 2.05) is 0 Å². The maximum atomic E-state index is 11.6. The standard InChI is InChI=1S/C27H54O11/c1-2-3-4-5-6-7-8-27(29)38-26-25-37-24-23-36-22-21-35-20-19-34-18-17-33-16-15-32-14-13-31-12-11-30-10-9-28/h28H,2-26H2,1H3. The molecule has 0 aliphatic carbocycles. The third-order valence-corrected chi connectivity index (χ3v) is 5.06. The number of hydrogen-bond donors (Lipinski definition) is 1. The lowest BCUT2D eigenvalue weighted by molar-refractivity contribution is -0.145. The van der Waals surface area contributed by atoms with Gasteiger partial charge in [0.2, 0.25) is 0 Å². The van der Waals surface area contributed by atoms with Crippen LogP contribution in [0.3, 0.4) is 0 Å². The van der Waals surface area contributed by atoms with Crippen LogP contribution in [0.2, 0.25) is 0 Å². The van der Waals surface area contributed by atoms with Crippen LogP contribution in [0.25, 0.3) is 0 Å². The van der Waals surface area contributed by atoms with E-state index >= 15 is 0 Å². The molecule has 0 aromatic carbocycles. The molecule has 0 unspecified atom stereocenters. The van der Waals surface area contributed by atoms with E-state index in [-0.39, 0.29) is 19.2 Å². The summed E-state index contributed by atoms with van der Waals surface area (Å²) in [5.41, 5.74) is 0. The number of aliphatic hydroxyl groups excluding tert-OH is 1. The Bertz CT molecular complexity index is 455. The lowest BCUT2D eigenvalue weighted by Gasteiger charge is -2.09. The quantitative estimate of drug-likeness (QED) is 0.0951. The summed E-state index contributed by atoms with van der Waals surface area (Å²) in [6, 6.07) is 0. The highest BCUT2D eigenvalue weighted by molar-refractivity contribution is 5.69. The van der Waals surface area contributed by atoms with E-state index in [0.717, 1.165) is 12.8 Å². The van der Waals surface area contributed by atoms with Gasteiger partial charge in [-0.05, 0) is 6.42 Å². The second-order valence-corrected chi connectivity index (χ2v) is 8.36. The summed E-state index contributed by atoms with van der Waals surface area (Å²) in [6.45, 7) is 10.1. The fourth-order valence-electron chi connectivity index (χ4n) is 3.04. The van der Waals surface area contributed by atoms with Gasteiger partial charge in [0.05, 0.1) is 112 Å². The smallest absolute Gasteiger partial charge is 0.305 e. The number of carbonyl (C=O) groups excluding carboxylic acids is 1. The van der Waals surface area contributed by atoms with Gasteiger partial charge in [-0.25, -0.2) is 0 Å². The minimum atomic E-state index is -0.143. The van der Waals surface area contributed by atoms with Crippen LogP contribution in [0.1, 0.15) is 51.9 Å². The van der Waals surface area contributed by atoms with Crippen LogP contribution in [0.5, 0.6) is 0 Å². The minimum absolute atomic E-state index is 0.0257. The number of ether oxygens (including phenoxy) is 9. The first-order chi connectivity index (χ1) is 18.8. The molecule has 0 bridgehead atoms. The van der Waals surface area contributed by atoms with E-state index in [9.17, 15) is 4.79 Å². The highest BCUT2D eigenvalue weighted by Gasteiger charge is 2.02. The van der Waals surface area contributed by atoms with Crippen LogP contribution >= 0.6 is 0 Å². The molecule has 11 nitrogen and oxygen atoms in total. The van der Waals surface area contributed by atoms with Crippen LogP contribution in [0.15, 0.2) is 0 Å². The molecule has 0 heterocycles. The van der Waals surface area contributed by atoms with Crippen molar-refractivity contribution in [3.63, 3.8) is 0 Å². The van der Waals surface area contributed by atoms with Gasteiger partial charge in [0, 0.05) is 6.42 Å². The Hall–Kier alpha value is -0.890. The third-order valence-electron chi connectivity index (χ3n) is 5.06. The minimum Gasteiger partial charge on any atom is -0.463 e. The first kappa shape index (κ1) is 37.1. The number of aliphatic hydroxyl groups is 1. The first-order valence-electron chi connectivity index (χ1n) is 14.2. The average molecular weight is 555 g/mol. The molecular formula is C27H54O11. The molecule has 38 heavy (non-hydrogen) atoms. The van der Waals surface area contributed by atoms with Crippen molar-refractivity contribution in [2.75, 3.05) is 119 Å². The Morgan fingerprint density at radius 1 is 0.447 bits per heavy atom. The zero-order valence-electron chi connectivity index (χ0n) is 23.7. The number of esters is 1. The van der Waals surface area contributed by atoms with Gasteiger partial charge in [0.1, 0.15) is 6.61 Å². The van der Waals surface area contributed by atoms with Crippen molar-refractivity contribution in [3.8, 4) is 0 Å². The van der Waals surface area contributed by atoms with Crippen molar-refractivity contribution < 1.29 is 52.5 Å². The summed E-state index contributed by atoms with van der Waals surface area (Å²) >= 11 is 0. The molecule has 0 spiro atoms. The van der Waals surface area contributed by atoms with Crippen molar-refractivity contribution >= 4 is 5.97 Å². The summed E-state index contributed by atoms with van der Waals surface area (Å²) in [5.74, 6) is -0.143. The van der Waals surface area contributed by atoms with Gasteiger partial charge >= 0.3 is 5.97 Å². The van der Waals surface area contributed by atoms with Gasteiger partial charge in [-0.3, -0.25) is 4.79 Å². The average Bonchev–Trinajstić information content (AvgIpc) is 2.92. The molecule has 228 valence electrons. The summed E-state index contributed by atoms with van der Waals surface area (Å²) < 4.78 is 48.1. The highest BCUT2D eigenvalue weighted by atomic mass is 16.6. The molecule has 0 aliphatic heterocycles. The maximum absolute atomic E-state index is 11.6. The van der Waals surface area contributed by atoms with Crippen LogP contribution in [0.4, 0.5) is 0 Å². The summed E-state index contributed by atoms with van der Waals surface area (Å²) in [4.78, 5) is 11.6. The van der Waals surface area contributed by atoms with Crippen molar-refractivity contribution in [3.05, 3.63) is 0 Å². The van der Waals surface area contributed by atoms with Crippen molar-refractivity contribution in [1.82, 2.24) is 0 Å². The molecule has 0 rings (SSSR count). The SMILES string of the molecule is CCCCCCCCC(=O)OCCOCCOCCOCCOCCOCCOCCOCCOCCO. The molecule has 1 N–H and O–H groups in total. The van der Waals surface area contributed by atoms with Gasteiger partial charge in [-0.2, -0.15) is 0 Å². The predicted molar refractivity (Wildman–Crippen MR) is 143 cm³/mol. The number of rotatable bonds is 33. The molecule has 0 aromatic rings. The first-order valence-corrected chi connectivity index (χ1v) is 14.2. The lowest BCUT2D eigenvalue weighted by atomic mass is 10.1. The molecule has 0 radical (unpaired) electrons. The normalized spacial score (nSPS) is 11.3. The molecular weight excluding hydrogens is 500 g/mol. The van der Waals surface area contributed by atoms with Gasteiger partial charge in [-0.1, -0.05) is 39.0 Å². The van der Waals surface area contributed by atoms with Crippen molar-refractivity contribution in [2.45, 2.75) is 51.9 Å². The van der Waals surface area contributed by atoms with E-state index in [2.05, 4.69) is 6.92 Å². The molecule has 0 saturated carbocycles. The molecule has 0 aliphatic rings. The summed E-state index contributed by atoms with van der Waals surface area (Å²) in [7, 11) is 0. The molecule has 0 aromatic heterocycles. The van der Waals surface area contributed by atoms with Crippen LogP contribution < -0.4 is 0 Å². The van der Waals surface area contributed by atoms with E-state index in [1.165, 1.54) is 25.7 Å². The van der Waals surface area contributed by atoms with E-state index in [0.29, 0.717) is 112 Å². The maximum Gasteiger partial charge on any atom is 0.305 e. The zero-order valence-corrected chi connectivity index (χ0v) is 23.7. The van der Waals surface area contributed by atoms with E-state index < -0.39 is 0 Å². The summed E-state index contributed by atoms with van der Waals surface area (Å²) in [6.07, 6.45) is 7.43. The van der Waals surface area contributed by atoms with E-state index in [1.54, 1.807) is 0 Å². The van der Waals surface area contributed by atoms with Crippen LogP contribution in [-0.2, 0) is 47.4 Å². The van der Waals surface area contributed by atoms with Gasteiger partial charge in [-0.15, -0.1) is 0 Å². The Balaban J connectivity index is 3.09. The number of carbonyl (C=O) groups is 1. The number of unbranched alkanes of at least 4 members (excludes halogenated alkanes) is 5. The third kappa shape index (κ3) is 33.1. The zero-order chi connectivity index (χ0) is 27.6. The lowest BCUT2D eigenvalue weighted by Crippen LogP contribution is -2.15. The number of hydrogen-bond acceptors (Lipinski definition) is 11. The Kier molecular flexibility index (Phi) is 33.3. The molecule has 0 fully saturated rings. The fraction of sp³-hybridized carbons (Fsp3) is 0.963. The molecule has 11 heteroatoms. The van der Waals surface area contributed by atoms with Crippen molar-refractivity contribution in [1.29, 1.82) is 0 Å². The largest absolute Gasteiger partial charge is 0.463 e. The monoisotopic (exact) mass is 554 g/mol. The summed E-state index contributed by atoms with van der Waals surface area (Å²) in [5, 5.41) is 8.56. The highest BCUT2D eigenvalue weighted by Crippen LogP contribution is 2.07. The Labute approximate surface area is 229 Å². The molecule has 0 atom stereocenters. The van der Waals surface area contributed by atoms with Gasteiger partial charge in [0.15, 0.2) is 0 Å². The van der Waals surface area contributed by atoms with Crippen LogP contribution in [0, 0.1) is 0 Å². The fourth-order valence-corrected chi connectivity index (χ4v) is 3.04. The second-order valence-electron chi connectivity index (χ2n) is 8.36. The van der Waals surface area contributed by atoms with E-state index in [4.69, 9.17) is 47.7 Å². The van der Waals surface area contributed by atoms with Crippen LogP contribution in [-0.4, -0.2) is 130 Å². The van der Waals surface area contributed by atoms with Crippen molar-refractivity contribution in [2.24, 2.45) is 0 Å². The Morgan fingerprint density at radius 2 is 0.763 bits per heavy atom. The second kappa shape index (κ2) is 34.1.